The molecule has 1 amide bonds. The molecule has 1 aliphatic heterocycles. The molecule has 2 rings (SSSR count). The van der Waals surface area contributed by atoms with Gasteiger partial charge in [0.2, 0.25) is 5.91 Å². The van der Waals surface area contributed by atoms with Gasteiger partial charge in [0.05, 0.1) is 5.69 Å². The number of piperidine rings is 1. The van der Waals surface area contributed by atoms with E-state index in [4.69, 9.17) is 0 Å². The van der Waals surface area contributed by atoms with Crippen LogP contribution in [0.3, 0.4) is 0 Å². The normalized spacial score (nSPS) is 17.5. The summed E-state index contributed by atoms with van der Waals surface area (Å²) in [6.07, 6.45) is 6.77. The molecular weight excluding hydrogens is 312 g/mol. The van der Waals surface area contributed by atoms with E-state index in [1.54, 1.807) is 11.8 Å². The summed E-state index contributed by atoms with van der Waals surface area (Å²) in [4.78, 5) is 14.0. The van der Waals surface area contributed by atoms with Crippen LogP contribution >= 0.6 is 0 Å². The van der Waals surface area contributed by atoms with Crippen molar-refractivity contribution in [1.82, 2.24) is 5.32 Å². The molecule has 0 aliphatic carbocycles. The molecule has 0 bridgehead atoms. The van der Waals surface area contributed by atoms with Crippen molar-refractivity contribution in [3.63, 3.8) is 0 Å². The standard InChI is InChI=1S/C21H34N2O2/c1-5-6-7-8-12-23(17(4)24)20-15(2)13-19(16(3)21(20)25)18-10-9-11-22-14-18/h13,18,22,25H,5-12,14H2,1-4H3. The number of rotatable bonds is 7. The monoisotopic (exact) mass is 346 g/mol. The number of nitrogens with zero attached hydrogens (tertiary/aromatic N) is 1. The van der Waals surface area contributed by atoms with Gasteiger partial charge in [0.15, 0.2) is 0 Å². The summed E-state index contributed by atoms with van der Waals surface area (Å²) in [6.45, 7) is 10.5. The maximum atomic E-state index is 12.2. The molecule has 1 heterocycles. The summed E-state index contributed by atoms with van der Waals surface area (Å²) in [5.74, 6) is 0.732. The fraction of sp³-hybridized carbons (Fsp3) is 0.667. The van der Waals surface area contributed by atoms with Gasteiger partial charge in [-0.15, -0.1) is 0 Å². The van der Waals surface area contributed by atoms with Crippen molar-refractivity contribution in [3.05, 3.63) is 22.8 Å². The third-order valence-corrected chi connectivity index (χ3v) is 5.38. The lowest BCUT2D eigenvalue weighted by atomic mass is 9.86. The summed E-state index contributed by atoms with van der Waals surface area (Å²) in [6, 6.07) is 2.18. The van der Waals surface area contributed by atoms with E-state index in [2.05, 4.69) is 18.3 Å². The third kappa shape index (κ3) is 4.75. The van der Waals surface area contributed by atoms with Gasteiger partial charge in [0.25, 0.3) is 0 Å². The number of hydrogen-bond donors (Lipinski definition) is 2. The number of anilines is 1. The lowest BCUT2D eigenvalue weighted by Crippen LogP contribution is -2.31. The minimum Gasteiger partial charge on any atom is -0.505 e. The second-order valence-electron chi connectivity index (χ2n) is 7.38. The van der Waals surface area contributed by atoms with Gasteiger partial charge in [0.1, 0.15) is 5.75 Å². The van der Waals surface area contributed by atoms with E-state index in [0.717, 1.165) is 43.5 Å². The largest absolute Gasteiger partial charge is 0.505 e. The number of aromatic hydroxyl groups is 1. The molecule has 1 aromatic rings. The Morgan fingerprint density at radius 2 is 2.08 bits per heavy atom. The first-order chi connectivity index (χ1) is 12.0. The van der Waals surface area contributed by atoms with Gasteiger partial charge in [-0.25, -0.2) is 0 Å². The maximum absolute atomic E-state index is 12.2. The number of carbonyl (C=O) groups is 1. The van der Waals surface area contributed by atoms with E-state index in [9.17, 15) is 9.90 Å². The number of benzene rings is 1. The molecule has 1 aromatic carbocycles. The summed E-state index contributed by atoms with van der Waals surface area (Å²) < 4.78 is 0. The van der Waals surface area contributed by atoms with E-state index in [1.165, 1.54) is 24.8 Å². The van der Waals surface area contributed by atoms with Crippen molar-refractivity contribution in [2.75, 3.05) is 24.5 Å². The van der Waals surface area contributed by atoms with Crippen LogP contribution in [0.4, 0.5) is 5.69 Å². The van der Waals surface area contributed by atoms with Gasteiger partial charge in [0, 0.05) is 20.0 Å². The van der Waals surface area contributed by atoms with Crippen LogP contribution < -0.4 is 10.2 Å². The van der Waals surface area contributed by atoms with Crippen molar-refractivity contribution < 1.29 is 9.90 Å². The molecule has 0 aromatic heterocycles. The van der Waals surface area contributed by atoms with Crippen LogP contribution in [0.5, 0.6) is 5.75 Å². The number of nitrogens with one attached hydrogen (secondary N) is 1. The Hall–Kier alpha value is -1.55. The quantitative estimate of drug-likeness (QED) is 0.719. The average molecular weight is 347 g/mol. The van der Waals surface area contributed by atoms with E-state index in [0.29, 0.717) is 18.2 Å². The number of aryl methyl sites for hydroxylation is 1. The molecule has 1 fully saturated rings. The molecule has 0 spiro atoms. The van der Waals surface area contributed by atoms with Crippen LogP contribution in [0.15, 0.2) is 6.07 Å². The van der Waals surface area contributed by atoms with Crippen LogP contribution in [0, 0.1) is 13.8 Å². The molecule has 25 heavy (non-hydrogen) atoms. The molecule has 4 heteroatoms. The van der Waals surface area contributed by atoms with Gasteiger partial charge in [-0.3, -0.25) is 4.79 Å². The predicted octanol–water partition coefficient (Wildman–Crippen LogP) is 4.41. The SMILES string of the molecule is CCCCCCN(C(C)=O)c1c(C)cc(C2CCCNC2)c(C)c1O. The van der Waals surface area contributed by atoms with Gasteiger partial charge in [-0.2, -0.15) is 0 Å². The molecule has 0 radical (unpaired) electrons. The molecule has 1 atom stereocenters. The van der Waals surface area contributed by atoms with Gasteiger partial charge >= 0.3 is 0 Å². The van der Waals surface area contributed by atoms with E-state index >= 15 is 0 Å². The Morgan fingerprint density at radius 3 is 2.68 bits per heavy atom. The van der Waals surface area contributed by atoms with Crippen molar-refractivity contribution in [2.24, 2.45) is 0 Å². The number of carbonyl (C=O) groups excluding carboxylic acids is 1. The smallest absolute Gasteiger partial charge is 0.223 e. The highest BCUT2D eigenvalue weighted by molar-refractivity contribution is 5.94. The predicted molar refractivity (Wildman–Crippen MR) is 105 cm³/mol. The van der Waals surface area contributed by atoms with E-state index in [-0.39, 0.29) is 11.7 Å². The highest BCUT2D eigenvalue weighted by Crippen LogP contribution is 2.40. The summed E-state index contributed by atoms with van der Waals surface area (Å²) >= 11 is 0. The van der Waals surface area contributed by atoms with Crippen LogP contribution in [-0.2, 0) is 4.79 Å². The lowest BCUT2D eigenvalue weighted by Gasteiger charge is -2.29. The minimum atomic E-state index is 0.00128. The molecular formula is C21H34N2O2. The van der Waals surface area contributed by atoms with E-state index in [1.807, 2.05) is 13.8 Å². The lowest BCUT2D eigenvalue weighted by molar-refractivity contribution is -0.116. The highest BCUT2D eigenvalue weighted by atomic mass is 16.3. The summed E-state index contributed by atoms with van der Waals surface area (Å²) in [7, 11) is 0. The molecule has 1 unspecified atom stereocenters. The zero-order chi connectivity index (χ0) is 18.4. The molecule has 1 aliphatic rings. The number of unbranched alkanes of at least 4 members (excludes halogenated alkanes) is 3. The van der Waals surface area contributed by atoms with Gasteiger partial charge in [-0.1, -0.05) is 32.3 Å². The van der Waals surface area contributed by atoms with E-state index < -0.39 is 0 Å². The third-order valence-electron chi connectivity index (χ3n) is 5.38. The molecule has 140 valence electrons. The van der Waals surface area contributed by atoms with Crippen LogP contribution in [0.25, 0.3) is 0 Å². The minimum absolute atomic E-state index is 0.00128. The Labute approximate surface area is 152 Å². The number of phenolic OH excluding ortho intramolecular Hbond substituents is 1. The number of hydrogen-bond acceptors (Lipinski definition) is 3. The Balaban J connectivity index is 2.29. The van der Waals surface area contributed by atoms with Crippen molar-refractivity contribution in [3.8, 4) is 5.75 Å². The topological polar surface area (TPSA) is 52.6 Å². The fourth-order valence-corrected chi connectivity index (χ4v) is 3.92. The Kier molecular flexibility index (Phi) is 7.30. The highest BCUT2D eigenvalue weighted by Gasteiger charge is 2.24. The second kappa shape index (κ2) is 9.23. The van der Waals surface area contributed by atoms with Crippen LogP contribution in [-0.4, -0.2) is 30.6 Å². The van der Waals surface area contributed by atoms with Crippen LogP contribution in [0.1, 0.15) is 75.0 Å². The Bertz CT molecular complexity index is 592. The Morgan fingerprint density at radius 1 is 1.32 bits per heavy atom. The fourth-order valence-electron chi connectivity index (χ4n) is 3.92. The molecule has 4 nitrogen and oxygen atoms in total. The van der Waals surface area contributed by atoms with Crippen LogP contribution in [0.2, 0.25) is 0 Å². The van der Waals surface area contributed by atoms with Crippen molar-refractivity contribution in [2.45, 2.75) is 72.1 Å². The van der Waals surface area contributed by atoms with Gasteiger partial charge < -0.3 is 15.3 Å². The summed E-state index contributed by atoms with van der Waals surface area (Å²) in [5.41, 5.74) is 3.85. The first-order valence-corrected chi connectivity index (χ1v) is 9.79. The van der Waals surface area contributed by atoms with Crippen molar-refractivity contribution >= 4 is 11.6 Å². The molecule has 0 saturated carbocycles. The average Bonchev–Trinajstić information content (AvgIpc) is 2.60. The zero-order valence-corrected chi connectivity index (χ0v) is 16.3. The maximum Gasteiger partial charge on any atom is 0.223 e. The summed E-state index contributed by atoms with van der Waals surface area (Å²) in [5, 5.41) is 14.3. The number of amides is 1. The second-order valence-corrected chi connectivity index (χ2v) is 7.38. The molecule has 1 saturated heterocycles. The van der Waals surface area contributed by atoms with Crippen molar-refractivity contribution in [1.29, 1.82) is 0 Å². The molecule has 2 N–H and O–H groups in total. The van der Waals surface area contributed by atoms with Gasteiger partial charge in [-0.05, 0) is 62.3 Å². The zero-order valence-electron chi connectivity index (χ0n) is 16.3. The first kappa shape index (κ1) is 19.8. The number of phenols is 1. The first-order valence-electron chi connectivity index (χ1n) is 9.79.